The minimum atomic E-state index is 0.417. The Morgan fingerprint density at radius 3 is 2.47 bits per heavy atom. The van der Waals surface area contributed by atoms with Crippen molar-refractivity contribution in [1.29, 1.82) is 0 Å². The van der Waals surface area contributed by atoms with Crippen LogP contribution in [0.5, 0.6) is 0 Å². The highest BCUT2D eigenvalue weighted by molar-refractivity contribution is 5.79. The van der Waals surface area contributed by atoms with Gasteiger partial charge >= 0.3 is 0 Å². The van der Waals surface area contributed by atoms with Crippen LogP contribution in [0.1, 0.15) is 24.1 Å². The van der Waals surface area contributed by atoms with Gasteiger partial charge in [0.15, 0.2) is 0 Å². The predicted molar refractivity (Wildman–Crippen MR) is 129 cm³/mol. The Morgan fingerprint density at radius 1 is 0.938 bits per heavy atom. The van der Waals surface area contributed by atoms with Crippen LogP contribution in [0.2, 0.25) is 0 Å². The molecule has 4 aromatic rings. The summed E-state index contributed by atoms with van der Waals surface area (Å²) in [6, 6.07) is 21.2. The van der Waals surface area contributed by atoms with Crippen molar-refractivity contribution < 1.29 is 0 Å². The quantitative estimate of drug-likeness (QED) is 0.472. The van der Waals surface area contributed by atoms with Crippen molar-refractivity contribution in [3.8, 4) is 0 Å². The van der Waals surface area contributed by atoms with E-state index in [2.05, 4.69) is 61.9 Å². The number of piperidine rings is 1. The lowest BCUT2D eigenvalue weighted by Gasteiger charge is -2.32. The third kappa shape index (κ3) is 4.57. The highest BCUT2D eigenvalue weighted by atomic mass is 15.3. The van der Waals surface area contributed by atoms with Crippen molar-refractivity contribution in [2.75, 3.05) is 23.7 Å². The van der Waals surface area contributed by atoms with E-state index >= 15 is 0 Å². The zero-order valence-corrected chi connectivity index (χ0v) is 18.6. The van der Waals surface area contributed by atoms with Crippen molar-refractivity contribution >= 4 is 28.7 Å². The lowest BCUT2D eigenvalue weighted by Crippen LogP contribution is -2.38. The van der Waals surface area contributed by atoms with Gasteiger partial charge in [0.2, 0.25) is 11.9 Å². The van der Waals surface area contributed by atoms with E-state index in [4.69, 9.17) is 4.98 Å². The van der Waals surface area contributed by atoms with Gasteiger partial charge < -0.3 is 9.88 Å². The highest BCUT2D eigenvalue weighted by Crippen LogP contribution is 2.22. The van der Waals surface area contributed by atoms with Gasteiger partial charge in [-0.25, -0.2) is 9.97 Å². The van der Waals surface area contributed by atoms with E-state index in [1.807, 2.05) is 42.8 Å². The number of nitrogens with zero attached hydrogens (tertiary/aromatic N) is 5. The molecule has 0 saturated carbocycles. The Kier molecular flexibility index (Phi) is 5.73. The van der Waals surface area contributed by atoms with Crippen LogP contribution in [0.4, 0.5) is 17.7 Å². The minimum Gasteiger partial charge on any atom is -0.367 e. The van der Waals surface area contributed by atoms with E-state index in [0.717, 1.165) is 61.0 Å². The maximum Gasteiger partial charge on any atom is 0.231 e. The number of rotatable bonds is 6. The summed E-state index contributed by atoms with van der Waals surface area (Å²) >= 11 is 0. The van der Waals surface area contributed by atoms with Crippen molar-refractivity contribution in [3.63, 3.8) is 0 Å². The van der Waals surface area contributed by atoms with Gasteiger partial charge in [-0.2, -0.15) is 4.98 Å². The normalized spacial score (nSPS) is 15.2. The molecule has 0 bridgehead atoms. The van der Waals surface area contributed by atoms with Gasteiger partial charge in [-0.1, -0.05) is 42.5 Å². The first-order valence-corrected chi connectivity index (χ1v) is 11.2. The fourth-order valence-electron chi connectivity index (χ4n) is 4.34. The lowest BCUT2D eigenvalue weighted by molar-refractivity contribution is 0.211. The van der Waals surface area contributed by atoms with Crippen LogP contribution in [-0.4, -0.2) is 43.6 Å². The molecule has 1 aliphatic heterocycles. The molecule has 0 aliphatic carbocycles. The fraction of sp³-hybridized carbons (Fsp3) is 0.320. The molecule has 7 nitrogen and oxygen atoms in total. The molecule has 1 aliphatic rings. The Hall–Kier alpha value is -3.45. The standard InChI is InChI=1S/C25H29N7/c1-18-16-23(27-20-12-14-32(15-13-20)17-19-8-4-3-5-9-19)29-24(26-18)30-25-28-21-10-6-7-11-22(21)31(25)2/h3-11,16,20H,12-15,17H2,1-2H3,(H2,26,27,28,29,30). The van der Waals surface area contributed by atoms with Crippen LogP contribution < -0.4 is 10.6 Å². The van der Waals surface area contributed by atoms with Crippen LogP contribution in [0.25, 0.3) is 11.0 Å². The molecule has 0 amide bonds. The van der Waals surface area contributed by atoms with Crippen LogP contribution >= 0.6 is 0 Å². The second kappa shape index (κ2) is 8.96. The van der Waals surface area contributed by atoms with Crippen LogP contribution in [0.3, 0.4) is 0 Å². The van der Waals surface area contributed by atoms with E-state index in [-0.39, 0.29) is 0 Å². The molecule has 1 fully saturated rings. The third-order valence-corrected chi connectivity index (χ3v) is 6.05. The number of benzene rings is 2. The van der Waals surface area contributed by atoms with E-state index in [1.54, 1.807) is 0 Å². The van der Waals surface area contributed by atoms with Crippen molar-refractivity contribution in [3.05, 3.63) is 71.9 Å². The number of likely N-dealkylation sites (tertiary alicyclic amines) is 1. The number of para-hydroxylation sites is 2. The number of imidazole rings is 1. The molecule has 2 aromatic carbocycles. The van der Waals surface area contributed by atoms with Gasteiger partial charge in [0.1, 0.15) is 5.82 Å². The third-order valence-electron chi connectivity index (χ3n) is 6.05. The highest BCUT2D eigenvalue weighted by Gasteiger charge is 2.20. The minimum absolute atomic E-state index is 0.417. The Bertz CT molecular complexity index is 1190. The number of aryl methyl sites for hydroxylation is 2. The van der Waals surface area contributed by atoms with Gasteiger partial charge in [0.05, 0.1) is 11.0 Å². The largest absolute Gasteiger partial charge is 0.367 e. The van der Waals surface area contributed by atoms with Gasteiger partial charge in [0, 0.05) is 44.5 Å². The van der Waals surface area contributed by atoms with Crippen molar-refractivity contribution in [2.45, 2.75) is 32.4 Å². The Balaban J connectivity index is 1.23. The molecule has 0 unspecified atom stereocenters. The predicted octanol–water partition coefficient (Wildman–Crippen LogP) is 4.49. The second-order valence-corrected chi connectivity index (χ2v) is 8.51. The molecule has 0 radical (unpaired) electrons. The average Bonchev–Trinajstić information content (AvgIpc) is 3.11. The average molecular weight is 428 g/mol. The summed E-state index contributed by atoms with van der Waals surface area (Å²) in [6.07, 6.45) is 2.20. The summed E-state index contributed by atoms with van der Waals surface area (Å²) in [6.45, 7) is 5.19. The number of fused-ring (bicyclic) bond motifs is 1. The second-order valence-electron chi connectivity index (χ2n) is 8.51. The Labute approximate surface area is 188 Å². The van der Waals surface area contributed by atoms with E-state index in [9.17, 15) is 0 Å². The summed E-state index contributed by atoms with van der Waals surface area (Å²) in [5.74, 6) is 2.16. The van der Waals surface area contributed by atoms with Crippen LogP contribution in [0, 0.1) is 6.92 Å². The van der Waals surface area contributed by atoms with E-state index in [1.165, 1.54) is 5.56 Å². The fourth-order valence-corrected chi connectivity index (χ4v) is 4.34. The monoisotopic (exact) mass is 427 g/mol. The smallest absolute Gasteiger partial charge is 0.231 e. The van der Waals surface area contributed by atoms with Crippen molar-refractivity contribution in [2.24, 2.45) is 7.05 Å². The molecular formula is C25H29N7. The summed E-state index contributed by atoms with van der Waals surface area (Å²) < 4.78 is 2.02. The number of hydrogen-bond acceptors (Lipinski definition) is 6. The molecule has 7 heteroatoms. The van der Waals surface area contributed by atoms with Crippen molar-refractivity contribution in [1.82, 2.24) is 24.4 Å². The van der Waals surface area contributed by atoms with Crippen LogP contribution in [-0.2, 0) is 13.6 Å². The molecule has 32 heavy (non-hydrogen) atoms. The molecular weight excluding hydrogens is 398 g/mol. The maximum atomic E-state index is 4.72. The summed E-state index contributed by atoms with van der Waals surface area (Å²) in [7, 11) is 2.00. The molecule has 3 heterocycles. The summed E-state index contributed by atoms with van der Waals surface area (Å²) in [5, 5.41) is 6.92. The summed E-state index contributed by atoms with van der Waals surface area (Å²) in [4.78, 5) is 16.5. The van der Waals surface area contributed by atoms with E-state index < -0.39 is 0 Å². The summed E-state index contributed by atoms with van der Waals surface area (Å²) in [5.41, 5.74) is 4.32. The SMILES string of the molecule is Cc1cc(NC2CCN(Cc3ccccc3)CC2)nc(Nc2nc3ccccc3n2C)n1. The molecule has 0 spiro atoms. The number of hydrogen-bond donors (Lipinski definition) is 2. The number of nitrogens with one attached hydrogen (secondary N) is 2. The topological polar surface area (TPSA) is 70.9 Å². The first kappa shape index (κ1) is 20.5. The lowest BCUT2D eigenvalue weighted by atomic mass is 10.0. The number of aromatic nitrogens is 4. The maximum absolute atomic E-state index is 4.72. The first-order valence-electron chi connectivity index (χ1n) is 11.2. The molecule has 5 rings (SSSR count). The first-order chi connectivity index (χ1) is 15.6. The zero-order valence-electron chi connectivity index (χ0n) is 18.6. The van der Waals surface area contributed by atoms with Gasteiger partial charge in [-0.3, -0.25) is 10.2 Å². The van der Waals surface area contributed by atoms with Gasteiger partial charge in [-0.05, 0) is 37.5 Å². The molecule has 2 N–H and O–H groups in total. The molecule has 0 atom stereocenters. The molecule has 1 saturated heterocycles. The molecule has 2 aromatic heterocycles. The van der Waals surface area contributed by atoms with Gasteiger partial charge in [0.25, 0.3) is 0 Å². The van der Waals surface area contributed by atoms with E-state index in [0.29, 0.717) is 12.0 Å². The van der Waals surface area contributed by atoms with Crippen LogP contribution in [0.15, 0.2) is 60.7 Å². The molecule has 164 valence electrons. The Morgan fingerprint density at radius 2 is 1.69 bits per heavy atom. The number of anilines is 3. The van der Waals surface area contributed by atoms with Gasteiger partial charge in [-0.15, -0.1) is 0 Å². The zero-order chi connectivity index (χ0) is 21.9.